The van der Waals surface area contributed by atoms with E-state index in [2.05, 4.69) is 9.71 Å². The second kappa shape index (κ2) is 9.74. The van der Waals surface area contributed by atoms with Gasteiger partial charge in [0, 0.05) is 11.8 Å². The zero-order chi connectivity index (χ0) is 24.4. The number of carbonyl (C=O) groups excluding carboxylic acids is 1. The Balaban J connectivity index is 1.76. The minimum Gasteiger partial charge on any atom is -0.346 e. The monoisotopic (exact) mass is 489 g/mol. The summed E-state index contributed by atoms with van der Waals surface area (Å²) in [6.07, 6.45) is -2.69. The topological polar surface area (TPSA) is 88.6 Å². The van der Waals surface area contributed by atoms with Crippen LogP contribution in [0.3, 0.4) is 0 Å². The molecule has 0 spiro atoms. The Bertz CT molecular complexity index is 1080. The number of carbonyl (C=O) groups is 1. The molecule has 2 aromatic rings. The second-order valence-electron chi connectivity index (χ2n) is 7.92. The van der Waals surface area contributed by atoms with Crippen LogP contribution in [0.4, 0.5) is 17.6 Å². The number of halogens is 4. The van der Waals surface area contributed by atoms with Crippen molar-refractivity contribution >= 4 is 15.9 Å². The molecule has 1 aliphatic rings. The van der Waals surface area contributed by atoms with E-state index < -0.39 is 52.9 Å². The first-order valence-corrected chi connectivity index (χ1v) is 11.6. The van der Waals surface area contributed by atoms with Gasteiger partial charge in [-0.15, -0.1) is 0 Å². The molecule has 0 saturated carbocycles. The number of aromatic nitrogens is 1. The van der Waals surface area contributed by atoms with Gasteiger partial charge in [-0.05, 0) is 31.0 Å². The van der Waals surface area contributed by atoms with Gasteiger partial charge >= 0.3 is 6.43 Å². The van der Waals surface area contributed by atoms with Crippen LogP contribution in [0.15, 0.2) is 42.6 Å². The molecule has 7 nitrogen and oxygen atoms in total. The maximum absolute atomic E-state index is 13.8. The highest BCUT2D eigenvalue weighted by Crippen LogP contribution is 2.42. The van der Waals surface area contributed by atoms with Crippen LogP contribution in [-0.2, 0) is 26.1 Å². The lowest BCUT2D eigenvalue weighted by atomic mass is 9.99. The summed E-state index contributed by atoms with van der Waals surface area (Å²) < 4.78 is 82.4. The lowest BCUT2D eigenvalue weighted by molar-refractivity contribution is -0.159. The van der Waals surface area contributed by atoms with Crippen molar-refractivity contribution in [2.45, 2.75) is 44.7 Å². The van der Waals surface area contributed by atoms with Gasteiger partial charge in [0.1, 0.15) is 18.5 Å². The van der Waals surface area contributed by atoms with E-state index >= 15 is 0 Å². The normalized spacial score (nSPS) is 20.4. The minimum absolute atomic E-state index is 0.154. The molecule has 1 aromatic carbocycles. The first kappa shape index (κ1) is 25.1. The smallest absolute Gasteiger partial charge is 0.315 e. The van der Waals surface area contributed by atoms with Crippen molar-refractivity contribution in [3.05, 3.63) is 53.9 Å². The highest BCUT2D eigenvalue weighted by Gasteiger charge is 2.52. The molecule has 1 aromatic heterocycles. The molecule has 1 fully saturated rings. The number of alkyl halides is 4. The molecule has 0 bridgehead atoms. The molecule has 1 saturated heterocycles. The van der Waals surface area contributed by atoms with Crippen LogP contribution >= 0.6 is 0 Å². The number of hydrogen-bond acceptors (Lipinski definition) is 5. The van der Waals surface area contributed by atoms with E-state index in [-0.39, 0.29) is 6.54 Å². The Morgan fingerprint density at radius 1 is 1.15 bits per heavy atom. The number of nitrogens with one attached hydrogen (secondary N) is 1. The van der Waals surface area contributed by atoms with E-state index in [4.69, 9.17) is 4.74 Å². The third-order valence-corrected chi connectivity index (χ3v) is 6.14. The number of sulfonamides is 1. The highest BCUT2D eigenvalue weighted by molar-refractivity contribution is 7.89. The molecule has 33 heavy (non-hydrogen) atoms. The van der Waals surface area contributed by atoms with Gasteiger partial charge < -0.3 is 9.64 Å². The molecule has 2 atom stereocenters. The number of ether oxygens (including phenoxy) is 1. The van der Waals surface area contributed by atoms with E-state index in [0.29, 0.717) is 16.8 Å². The van der Waals surface area contributed by atoms with Crippen LogP contribution in [0, 0.1) is 0 Å². The van der Waals surface area contributed by atoms with E-state index in [0.717, 1.165) is 10.5 Å². The van der Waals surface area contributed by atoms with Crippen LogP contribution in [0.1, 0.15) is 31.2 Å². The Labute approximate surface area is 188 Å². The van der Waals surface area contributed by atoms with Crippen LogP contribution in [0.5, 0.6) is 0 Å². The number of benzene rings is 1. The van der Waals surface area contributed by atoms with Gasteiger partial charge in [-0.2, -0.15) is 8.78 Å². The standard InChI is InChI=1S/C21H23F4N3O4S/c1-21(2)28(20(29)19(24)25)17(9-22)18(32-21)14-5-3-13(4-6-14)15-7-8-16(26-10-15)11-27-33(30,31)12-23/h3-8,10,17-19,27H,9,11-12H2,1-2H3. The summed E-state index contributed by atoms with van der Waals surface area (Å²) in [6.45, 7) is 1.67. The number of hydrogen-bond donors (Lipinski definition) is 1. The average molecular weight is 489 g/mol. The Kier molecular flexibility index (Phi) is 7.39. The fourth-order valence-corrected chi connectivity index (χ4v) is 4.19. The van der Waals surface area contributed by atoms with E-state index in [1.165, 1.54) is 20.0 Å². The first-order chi connectivity index (χ1) is 15.5. The molecule has 1 aliphatic heterocycles. The molecule has 2 heterocycles. The molecule has 0 radical (unpaired) electrons. The molecule has 12 heteroatoms. The van der Waals surface area contributed by atoms with Gasteiger partial charge in [0.25, 0.3) is 5.91 Å². The van der Waals surface area contributed by atoms with Crippen molar-refractivity contribution in [2.24, 2.45) is 0 Å². The number of amides is 1. The summed E-state index contributed by atoms with van der Waals surface area (Å²) in [5.74, 6) is -1.48. The molecular weight excluding hydrogens is 466 g/mol. The quantitative estimate of drug-likeness (QED) is 0.575. The maximum Gasteiger partial charge on any atom is 0.315 e. The van der Waals surface area contributed by atoms with Crippen molar-refractivity contribution in [3.63, 3.8) is 0 Å². The summed E-state index contributed by atoms with van der Waals surface area (Å²) in [6, 6.07) is 7.29. The molecule has 180 valence electrons. The Morgan fingerprint density at radius 2 is 1.79 bits per heavy atom. The predicted octanol–water partition coefficient (Wildman–Crippen LogP) is 3.33. The Hall–Kier alpha value is -2.57. The summed E-state index contributed by atoms with van der Waals surface area (Å²) in [5, 5.41) is 0. The number of nitrogens with zero attached hydrogens (tertiary/aromatic N) is 2. The third kappa shape index (κ3) is 5.50. The third-order valence-electron chi connectivity index (χ3n) is 5.27. The lowest BCUT2D eigenvalue weighted by Crippen LogP contribution is -2.51. The molecular formula is C21H23F4N3O4S. The fraction of sp³-hybridized carbons (Fsp3) is 0.429. The van der Waals surface area contributed by atoms with Crippen molar-refractivity contribution in [1.29, 1.82) is 0 Å². The number of pyridine rings is 1. The SMILES string of the molecule is CC1(C)OC(c2ccc(-c3ccc(CNS(=O)(=O)CF)nc3)cc2)C(CF)N1C(=O)C(F)F. The van der Waals surface area contributed by atoms with E-state index in [1.807, 2.05) is 0 Å². The van der Waals surface area contributed by atoms with Gasteiger partial charge in [-0.1, -0.05) is 30.3 Å². The molecule has 1 N–H and O–H groups in total. The largest absolute Gasteiger partial charge is 0.346 e. The van der Waals surface area contributed by atoms with Gasteiger partial charge in [-0.3, -0.25) is 9.78 Å². The van der Waals surface area contributed by atoms with Crippen LogP contribution in [-0.4, -0.2) is 55.1 Å². The maximum atomic E-state index is 13.8. The minimum atomic E-state index is -3.98. The molecule has 3 rings (SSSR count). The average Bonchev–Trinajstić information content (AvgIpc) is 3.07. The van der Waals surface area contributed by atoms with Crippen molar-refractivity contribution < 1.29 is 35.5 Å². The van der Waals surface area contributed by atoms with Crippen molar-refractivity contribution in [2.75, 3.05) is 12.7 Å². The van der Waals surface area contributed by atoms with Crippen molar-refractivity contribution in [1.82, 2.24) is 14.6 Å². The zero-order valence-electron chi connectivity index (χ0n) is 17.8. The zero-order valence-corrected chi connectivity index (χ0v) is 18.7. The molecule has 2 unspecified atom stereocenters. The van der Waals surface area contributed by atoms with Crippen LogP contribution in [0.2, 0.25) is 0 Å². The van der Waals surface area contributed by atoms with Crippen molar-refractivity contribution in [3.8, 4) is 11.1 Å². The molecule has 0 aliphatic carbocycles. The van der Waals surface area contributed by atoms with Gasteiger partial charge in [0.05, 0.1) is 18.3 Å². The van der Waals surface area contributed by atoms with Crippen LogP contribution in [0.25, 0.3) is 11.1 Å². The second-order valence-corrected chi connectivity index (χ2v) is 9.66. The van der Waals surface area contributed by atoms with E-state index in [1.54, 1.807) is 36.4 Å². The number of rotatable bonds is 8. The lowest BCUT2D eigenvalue weighted by Gasteiger charge is -2.32. The Morgan fingerprint density at radius 3 is 2.30 bits per heavy atom. The van der Waals surface area contributed by atoms with Gasteiger partial charge in [-0.25, -0.2) is 21.9 Å². The summed E-state index contributed by atoms with van der Waals surface area (Å²) in [5.41, 5.74) is 0.934. The summed E-state index contributed by atoms with van der Waals surface area (Å²) >= 11 is 0. The first-order valence-electron chi connectivity index (χ1n) is 9.93. The summed E-state index contributed by atoms with van der Waals surface area (Å²) in [4.78, 5) is 16.9. The fourth-order valence-electron chi connectivity index (χ4n) is 3.74. The van der Waals surface area contributed by atoms with Gasteiger partial charge in [0.2, 0.25) is 16.0 Å². The highest BCUT2D eigenvalue weighted by atomic mass is 32.2. The summed E-state index contributed by atoms with van der Waals surface area (Å²) in [7, 11) is -3.98. The molecule has 1 amide bonds. The predicted molar refractivity (Wildman–Crippen MR) is 112 cm³/mol. The van der Waals surface area contributed by atoms with E-state index in [9.17, 15) is 30.8 Å². The van der Waals surface area contributed by atoms with Crippen LogP contribution < -0.4 is 4.72 Å². The van der Waals surface area contributed by atoms with Gasteiger partial charge in [0.15, 0.2) is 0 Å².